The predicted octanol–water partition coefficient (Wildman–Crippen LogP) is 3.38. The van der Waals surface area contributed by atoms with E-state index in [4.69, 9.17) is 5.10 Å². The van der Waals surface area contributed by atoms with Gasteiger partial charge in [-0.3, -0.25) is 4.68 Å². The molecule has 100 valence electrons. The van der Waals surface area contributed by atoms with E-state index in [1.807, 2.05) is 7.05 Å². The van der Waals surface area contributed by atoms with Gasteiger partial charge in [0.25, 0.3) is 0 Å². The molecule has 0 spiro atoms. The Bertz CT molecular complexity index is 384. The highest BCUT2D eigenvalue weighted by atomic mass is 15.3. The van der Waals surface area contributed by atoms with E-state index in [0.717, 1.165) is 12.5 Å². The molecule has 0 bridgehead atoms. The maximum absolute atomic E-state index is 4.74. The van der Waals surface area contributed by atoms with Gasteiger partial charge in [-0.2, -0.15) is 5.10 Å². The summed E-state index contributed by atoms with van der Waals surface area (Å²) in [4.78, 5) is 0. The third-order valence-electron chi connectivity index (χ3n) is 4.42. The van der Waals surface area contributed by atoms with Crippen LogP contribution in [0.15, 0.2) is 6.20 Å². The molecule has 2 aliphatic carbocycles. The Labute approximate surface area is 110 Å². The summed E-state index contributed by atoms with van der Waals surface area (Å²) < 4.78 is 2.40. The van der Waals surface area contributed by atoms with Gasteiger partial charge in [-0.15, -0.1) is 0 Å². The molecule has 1 N–H and O–H groups in total. The summed E-state index contributed by atoms with van der Waals surface area (Å²) in [6.45, 7) is 0.971. The van der Waals surface area contributed by atoms with Gasteiger partial charge in [-0.1, -0.05) is 25.7 Å². The Kier molecular flexibility index (Phi) is 3.69. The zero-order valence-electron chi connectivity index (χ0n) is 11.5. The second-order valence-corrected chi connectivity index (χ2v) is 5.95. The summed E-state index contributed by atoms with van der Waals surface area (Å²) >= 11 is 0. The van der Waals surface area contributed by atoms with Crippen LogP contribution in [0.1, 0.15) is 74.6 Å². The number of rotatable bonds is 4. The van der Waals surface area contributed by atoms with E-state index in [2.05, 4.69) is 16.2 Å². The standard InChI is InChI=1S/C15H25N3/c1-16-10-13-11-17-18(15(13)12-8-9-12)14-6-4-2-3-5-7-14/h11-12,14,16H,2-10H2,1H3. The molecule has 1 aromatic heterocycles. The summed E-state index contributed by atoms with van der Waals surface area (Å²) in [6, 6.07) is 0.675. The van der Waals surface area contributed by atoms with Gasteiger partial charge in [-0.25, -0.2) is 0 Å². The molecule has 18 heavy (non-hydrogen) atoms. The van der Waals surface area contributed by atoms with Crippen molar-refractivity contribution in [1.82, 2.24) is 15.1 Å². The van der Waals surface area contributed by atoms with Crippen LogP contribution in [-0.4, -0.2) is 16.8 Å². The van der Waals surface area contributed by atoms with Gasteiger partial charge < -0.3 is 5.32 Å². The van der Waals surface area contributed by atoms with Crippen molar-refractivity contribution in [3.63, 3.8) is 0 Å². The Morgan fingerprint density at radius 2 is 1.89 bits per heavy atom. The number of hydrogen-bond donors (Lipinski definition) is 1. The van der Waals surface area contributed by atoms with Crippen molar-refractivity contribution in [1.29, 1.82) is 0 Å². The van der Waals surface area contributed by atoms with E-state index in [9.17, 15) is 0 Å². The highest BCUT2D eigenvalue weighted by Crippen LogP contribution is 2.43. The van der Waals surface area contributed by atoms with Gasteiger partial charge >= 0.3 is 0 Å². The van der Waals surface area contributed by atoms with Crippen LogP contribution in [0.25, 0.3) is 0 Å². The lowest BCUT2D eigenvalue weighted by Gasteiger charge is -2.18. The van der Waals surface area contributed by atoms with Crippen molar-refractivity contribution < 1.29 is 0 Å². The highest BCUT2D eigenvalue weighted by molar-refractivity contribution is 5.26. The maximum Gasteiger partial charge on any atom is 0.0537 e. The topological polar surface area (TPSA) is 29.9 Å². The fraction of sp³-hybridized carbons (Fsp3) is 0.800. The van der Waals surface area contributed by atoms with Crippen LogP contribution in [-0.2, 0) is 6.54 Å². The highest BCUT2D eigenvalue weighted by Gasteiger charge is 2.32. The van der Waals surface area contributed by atoms with Gasteiger partial charge in [0.2, 0.25) is 0 Å². The van der Waals surface area contributed by atoms with Crippen molar-refractivity contribution in [3.05, 3.63) is 17.5 Å². The van der Waals surface area contributed by atoms with Crippen molar-refractivity contribution in [2.24, 2.45) is 0 Å². The average molecular weight is 247 g/mol. The minimum atomic E-state index is 0.675. The molecule has 0 aliphatic heterocycles. The average Bonchev–Trinajstić information content (AvgIpc) is 3.17. The molecule has 2 saturated carbocycles. The SMILES string of the molecule is CNCc1cnn(C2CCCCCC2)c1C1CC1. The molecule has 0 radical (unpaired) electrons. The van der Waals surface area contributed by atoms with E-state index in [-0.39, 0.29) is 0 Å². The van der Waals surface area contributed by atoms with Crippen LogP contribution in [0.5, 0.6) is 0 Å². The van der Waals surface area contributed by atoms with Crippen LogP contribution < -0.4 is 5.32 Å². The van der Waals surface area contributed by atoms with E-state index in [1.165, 1.54) is 56.9 Å². The van der Waals surface area contributed by atoms with E-state index in [0.29, 0.717) is 6.04 Å². The molecule has 0 amide bonds. The molecule has 3 nitrogen and oxygen atoms in total. The first kappa shape index (κ1) is 12.2. The zero-order chi connectivity index (χ0) is 12.4. The molecule has 3 heteroatoms. The second kappa shape index (κ2) is 5.43. The predicted molar refractivity (Wildman–Crippen MR) is 73.7 cm³/mol. The lowest BCUT2D eigenvalue weighted by atomic mass is 10.1. The minimum Gasteiger partial charge on any atom is -0.316 e. The molecular formula is C15H25N3. The molecule has 0 saturated heterocycles. The molecular weight excluding hydrogens is 222 g/mol. The smallest absolute Gasteiger partial charge is 0.0537 e. The number of nitrogens with zero attached hydrogens (tertiary/aromatic N) is 2. The summed E-state index contributed by atoms with van der Waals surface area (Å²) in [5, 5.41) is 8.02. The maximum atomic E-state index is 4.74. The normalized spacial score (nSPS) is 22.1. The van der Waals surface area contributed by atoms with Crippen molar-refractivity contribution in [3.8, 4) is 0 Å². The summed E-state index contributed by atoms with van der Waals surface area (Å²) in [5.74, 6) is 0.805. The Morgan fingerprint density at radius 3 is 2.50 bits per heavy atom. The largest absolute Gasteiger partial charge is 0.316 e. The molecule has 1 aromatic rings. The molecule has 0 atom stereocenters. The molecule has 3 rings (SSSR count). The first-order valence-corrected chi connectivity index (χ1v) is 7.61. The van der Waals surface area contributed by atoms with Crippen molar-refractivity contribution in [2.75, 3.05) is 7.05 Å². The second-order valence-electron chi connectivity index (χ2n) is 5.95. The van der Waals surface area contributed by atoms with E-state index in [1.54, 1.807) is 5.69 Å². The number of hydrogen-bond acceptors (Lipinski definition) is 2. The van der Waals surface area contributed by atoms with Gasteiger partial charge in [0.05, 0.1) is 12.2 Å². The first-order chi connectivity index (χ1) is 8.90. The van der Waals surface area contributed by atoms with E-state index >= 15 is 0 Å². The lowest BCUT2D eigenvalue weighted by molar-refractivity contribution is 0.393. The van der Waals surface area contributed by atoms with Gasteiger partial charge in [0, 0.05) is 23.7 Å². The third kappa shape index (κ3) is 2.46. The molecule has 2 fully saturated rings. The monoisotopic (exact) mass is 247 g/mol. The fourth-order valence-corrected chi connectivity index (χ4v) is 3.33. The minimum absolute atomic E-state index is 0.675. The van der Waals surface area contributed by atoms with Crippen LogP contribution in [0.2, 0.25) is 0 Å². The van der Waals surface area contributed by atoms with Crippen LogP contribution in [0.3, 0.4) is 0 Å². The third-order valence-corrected chi connectivity index (χ3v) is 4.42. The van der Waals surface area contributed by atoms with E-state index < -0.39 is 0 Å². The zero-order valence-corrected chi connectivity index (χ0v) is 11.5. The molecule has 1 heterocycles. The quantitative estimate of drug-likeness (QED) is 0.827. The summed E-state index contributed by atoms with van der Waals surface area (Å²) in [6.07, 6.45) is 13.1. The number of nitrogens with one attached hydrogen (secondary N) is 1. The Balaban J connectivity index is 1.85. The van der Waals surface area contributed by atoms with Gasteiger partial charge in [0.1, 0.15) is 0 Å². The lowest BCUT2D eigenvalue weighted by Crippen LogP contribution is -2.14. The first-order valence-electron chi connectivity index (χ1n) is 7.61. The Morgan fingerprint density at radius 1 is 1.17 bits per heavy atom. The molecule has 0 aromatic carbocycles. The molecule has 2 aliphatic rings. The number of aromatic nitrogens is 2. The fourth-order valence-electron chi connectivity index (χ4n) is 3.33. The van der Waals surface area contributed by atoms with Crippen LogP contribution in [0.4, 0.5) is 0 Å². The van der Waals surface area contributed by atoms with Crippen molar-refractivity contribution in [2.45, 2.75) is 69.9 Å². The van der Waals surface area contributed by atoms with Crippen LogP contribution >= 0.6 is 0 Å². The van der Waals surface area contributed by atoms with Gasteiger partial charge in [-0.05, 0) is 32.7 Å². The Hall–Kier alpha value is -0.830. The molecule has 0 unspecified atom stereocenters. The van der Waals surface area contributed by atoms with Crippen molar-refractivity contribution >= 4 is 0 Å². The van der Waals surface area contributed by atoms with Gasteiger partial charge in [0.15, 0.2) is 0 Å². The summed E-state index contributed by atoms with van der Waals surface area (Å²) in [5.41, 5.74) is 2.99. The van der Waals surface area contributed by atoms with Crippen LogP contribution in [0, 0.1) is 0 Å². The summed E-state index contributed by atoms with van der Waals surface area (Å²) in [7, 11) is 2.03.